The van der Waals surface area contributed by atoms with Gasteiger partial charge in [-0.3, -0.25) is 4.79 Å². The van der Waals surface area contributed by atoms with E-state index in [1.807, 2.05) is 13.0 Å². The average molecular weight is 368 g/mol. The Morgan fingerprint density at radius 2 is 1.92 bits per heavy atom. The molecule has 2 rings (SSSR count). The van der Waals surface area contributed by atoms with E-state index in [4.69, 9.17) is 4.74 Å². The minimum atomic E-state index is -3.40. The second-order valence-electron chi connectivity index (χ2n) is 6.27. The summed E-state index contributed by atoms with van der Waals surface area (Å²) >= 11 is 0. The van der Waals surface area contributed by atoms with Crippen molar-refractivity contribution in [3.05, 3.63) is 30.3 Å². The summed E-state index contributed by atoms with van der Waals surface area (Å²) in [6, 6.07) is 8.54. The molecule has 0 saturated carbocycles. The summed E-state index contributed by atoms with van der Waals surface area (Å²) in [6.07, 6.45) is 2.74. The molecule has 1 fully saturated rings. The summed E-state index contributed by atoms with van der Waals surface area (Å²) in [5.41, 5.74) is 0. The number of rotatable bonds is 9. The standard InChI is InChI=1S/C18H28N2O4S/c1-2-24-14-6-9-18(21)19-15-16-10-12-20(13-11-16)25(22,23)17-7-4-3-5-8-17/h3-5,7-8,16H,2,6,9-15H2,1H3,(H,19,21). The number of hydrogen-bond acceptors (Lipinski definition) is 4. The largest absolute Gasteiger partial charge is 0.382 e. The summed E-state index contributed by atoms with van der Waals surface area (Å²) in [6.45, 7) is 4.84. The van der Waals surface area contributed by atoms with Crippen LogP contribution in [0.1, 0.15) is 32.6 Å². The number of hydrogen-bond donors (Lipinski definition) is 1. The van der Waals surface area contributed by atoms with Gasteiger partial charge in [0.1, 0.15) is 0 Å². The SMILES string of the molecule is CCOCCCC(=O)NCC1CCN(S(=O)(=O)c2ccccc2)CC1. The summed E-state index contributed by atoms with van der Waals surface area (Å²) in [4.78, 5) is 12.1. The van der Waals surface area contributed by atoms with Gasteiger partial charge in [-0.1, -0.05) is 18.2 Å². The van der Waals surface area contributed by atoms with Gasteiger partial charge in [0.2, 0.25) is 15.9 Å². The third-order valence-electron chi connectivity index (χ3n) is 4.44. The third kappa shape index (κ3) is 6.09. The Kier molecular flexibility index (Phi) is 7.87. The van der Waals surface area contributed by atoms with Crippen molar-refractivity contribution >= 4 is 15.9 Å². The van der Waals surface area contributed by atoms with E-state index in [2.05, 4.69) is 5.32 Å². The van der Waals surface area contributed by atoms with Gasteiger partial charge in [0, 0.05) is 39.3 Å². The number of carbonyl (C=O) groups is 1. The van der Waals surface area contributed by atoms with Crippen LogP contribution in [-0.4, -0.2) is 51.5 Å². The molecule has 0 unspecified atom stereocenters. The number of nitrogens with one attached hydrogen (secondary N) is 1. The van der Waals surface area contributed by atoms with Crippen molar-refractivity contribution in [1.82, 2.24) is 9.62 Å². The van der Waals surface area contributed by atoms with Crippen molar-refractivity contribution < 1.29 is 17.9 Å². The minimum Gasteiger partial charge on any atom is -0.382 e. The smallest absolute Gasteiger partial charge is 0.243 e. The highest BCUT2D eigenvalue weighted by molar-refractivity contribution is 7.89. The molecule has 7 heteroatoms. The van der Waals surface area contributed by atoms with Gasteiger partial charge in [-0.2, -0.15) is 4.31 Å². The van der Waals surface area contributed by atoms with E-state index in [9.17, 15) is 13.2 Å². The fraction of sp³-hybridized carbons (Fsp3) is 0.611. The molecule has 0 radical (unpaired) electrons. The monoisotopic (exact) mass is 368 g/mol. The predicted molar refractivity (Wildman–Crippen MR) is 96.7 cm³/mol. The average Bonchev–Trinajstić information content (AvgIpc) is 2.64. The number of amides is 1. The van der Waals surface area contributed by atoms with E-state index in [0.717, 1.165) is 19.3 Å². The lowest BCUT2D eigenvalue weighted by molar-refractivity contribution is -0.121. The maximum Gasteiger partial charge on any atom is 0.243 e. The Balaban J connectivity index is 1.72. The third-order valence-corrected chi connectivity index (χ3v) is 6.35. The lowest BCUT2D eigenvalue weighted by atomic mass is 9.98. The van der Waals surface area contributed by atoms with Gasteiger partial charge in [0.25, 0.3) is 0 Å². The van der Waals surface area contributed by atoms with Crippen LogP contribution in [0.2, 0.25) is 0 Å². The van der Waals surface area contributed by atoms with E-state index < -0.39 is 10.0 Å². The van der Waals surface area contributed by atoms with Crippen molar-refractivity contribution in [3.8, 4) is 0 Å². The number of ether oxygens (including phenoxy) is 1. The molecule has 1 aliphatic rings. The molecule has 0 bridgehead atoms. The molecule has 25 heavy (non-hydrogen) atoms. The zero-order valence-corrected chi connectivity index (χ0v) is 15.6. The molecule has 1 saturated heterocycles. The van der Waals surface area contributed by atoms with Gasteiger partial charge < -0.3 is 10.1 Å². The summed E-state index contributed by atoms with van der Waals surface area (Å²) in [5, 5.41) is 2.95. The van der Waals surface area contributed by atoms with Crippen molar-refractivity contribution in [2.75, 3.05) is 32.8 Å². The number of sulfonamides is 1. The van der Waals surface area contributed by atoms with E-state index in [1.165, 1.54) is 0 Å². The molecule has 0 spiro atoms. The van der Waals surface area contributed by atoms with Crippen LogP contribution < -0.4 is 5.32 Å². The van der Waals surface area contributed by atoms with Crippen LogP contribution in [0.4, 0.5) is 0 Å². The van der Waals surface area contributed by atoms with E-state index >= 15 is 0 Å². The van der Waals surface area contributed by atoms with Crippen molar-refractivity contribution in [2.24, 2.45) is 5.92 Å². The molecule has 1 aromatic carbocycles. The zero-order valence-electron chi connectivity index (χ0n) is 14.8. The molecule has 0 aromatic heterocycles. The molecule has 0 aliphatic carbocycles. The normalized spacial score (nSPS) is 16.7. The topological polar surface area (TPSA) is 75.7 Å². The van der Waals surface area contributed by atoms with Gasteiger partial charge in [-0.15, -0.1) is 0 Å². The Bertz CT molecular complexity index is 626. The van der Waals surface area contributed by atoms with Crippen LogP contribution in [0.5, 0.6) is 0 Å². The number of nitrogens with zero attached hydrogens (tertiary/aromatic N) is 1. The summed E-state index contributed by atoms with van der Waals surface area (Å²) < 4.78 is 31.9. The van der Waals surface area contributed by atoms with Gasteiger partial charge in [0.15, 0.2) is 0 Å². The van der Waals surface area contributed by atoms with Crippen LogP contribution in [0.25, 0.3) is 0 Å². The molecule has 1 heterocycles. The Morgan fingerprint density at radius 1 is 1.24 bits per heavy atom. The molecular formula is C18H28N2O4S. The molecule has 0 atom stereocenters. The molecule has 1 amide bonds. The first-order chi connectivity index (χ1) is 12.0. The molecular weight excluding hydrogens is 340 g/mol. The Labute approximate surface area is 150 Å². The first-order valence-corrected chi connectivity index (χ1v) is 10.4. The second-order valence-corrected chi connectivity index (χ2v) is 8.20. The van der Waals surface area contributed by atoms with Crippen molar-refractivity contribution in [3.63, 3.8) is 0 Å². The molecule has 1 aromatic rings. The summed E-state index contributed by atoms with van der Waals surface area (Å²) in [5.74, 6) is 0.372. The fourth-order valence-corrected chi connectivity index (χ4v) is 4.41. The zero-order chi connectivity index (χ0) is 18.1. The van der Waals surface area contributed by atoms with Crippen LogP contribution in [0.15, 0.2) is 35.2 Å². The minimum absolute atomic E-state index is 0.0408. The van der Waals surface area contributed by atoms with Gasteiger partial charge in [-0.25, -0.2) is 8.42 Å². The molecule has 140 valence electrons. The maximum atomic E-state index is 12.6. The van der Waals surface area contributed by atoms with E-state index in [0.29, 0.717) is 50.1 Å². The number of carbonyl (C=O) groups excluding carboxylic acids is 1. The lowest BCUT2D eigenvalue weighted by Crippen LogP contribution is -2.41. The van der Waals surface area contributed by atoms with Gasteiger partial charge in [0.05, 0.1) is 4.90 Å². The highest BCUT2D eigenvalue weighted by Gasteiger charge is 2.29. The Morgan fingerprint density at radius 3 is 2.56 bits per heavy atom. The predicted octanol–water partition coefficient (Wildman–Crippen LogP) is 2.02. The first-order valence-electron chi connectivity index (χ1n) is 8.93. The van der Waals surface area contributed by atoms with Crippen LogP contribution >= 0.6 is 0 Å². The molecule has 1 N–H and O–H groups in total. The quantitative estimate of drug-likeness (QED) is 0.677. The van der Waals surface area contributed by atoms with Gasteiger partial charge in [-0.05, 0) is 44.2 Å². The van der Waals surface area contributed by atoms with E-state index in [1.54, 1.807) is 28.6 Å². The Hall–Kier alpha value is -1.44. The highest BCUT2D eigenvalue weighted by Crippen LogP contribution is 2.23. The van der Waals surface area contributed by atoms with Crippen molar-refractivity contribution in [1.29, 1.82) is 0 Å². The number of benzene rings is 1. The van der Waals surface area contributed by atoms with Crippen LogP contribution in [-0.2, 0) is 19.6 Å². The van der Waals surface area contributed by atoms with Crippen LogP contribution in [0, 0.1) is 5.92 Å². The fourth-order valence-electron chi connectivity index (χ4n) is 2.92. The first kappa shape index (κ1) is 19.9. The lowest BCUT2D eigenvalue weighted by Gasteiger charge is -2.31. The highest BCUT2D eigenvalue weighted by atomic mass is 32.2. The van der Waals surface area contributed by atoms with Crippen LogP contribution in [0.3, 0.4) is 0 Å². The molecule has 6 nitrogen and oxygen atoms in total. The van der Waals surface area contributed by atoms with Gasteiger partial charge >= 0.3 is 0 Å². The molecule has 1 aliphatic heterocycles. The van der Waals surface area contributed by atoms with Crippen molar-refractivity contribution in [2.45, 2.75) is 37.5 Å². The number of piperidine rings is 1. The van der Waals surface area contributed by atoms with E-state index in [-0.39, 0.29) is 5.91 Å². The second kappa shape index (κ2) is 9.89. The maximum absolute atomic E-state index is 12.6. The summed E-state index contributed by atoms with van der Waals surface area (Å²) in [7, 11) is -3.40.